The Balaban J connectivity index is 2.12. The van der Waals surface area contributed by atoms with Gasteiger partial charge in [0.05, 0.1) is 0 Å². The van der Waals surface area contributed by atoms with Gasteiger partial charge in [0.15, 0.2) is 16.8 Å². The van der Waals surface area contributed by atoms with Crippen LogP contribution in [0.2, 0.25) is 0 Å². The van der Waals surface area contributed by atoms with Crippen LogP contribution in [0.25, 0.3) is 0 Å². The van der Waals surface area contributed by atoms with Crippen molar-refractivity contribution in [3.63, 3.8) is 0 Å². The van der Waals surface area contributed by atoms with Crippen LogP contribution in [-0.2, 0) is 12.3 Å². The molecule has 4 nitrogen and oxygen atoms in total. The average molecular weight is 284 g/mol. The summed E-state index contributed by atoms with van der Waals surface area (Å²) in [5.74, 6) is -0.589. The molecule has 0 unspecified atom stereocenters. The smallest absolute Gasteiger partial charge is 0.191 e. The van der Waals surface area contributed by atoms with Crippen LogP contribution in [0.15, 0.2) is 23.4 Å². The predicted octanol–water partition coefficient (Wildman–Crippen LogP) is 2.12. The Labute approximate surface area is 114 Å². The molecule has 19 heavy (non-hydrogen) atoms. The van der Waals surface area contributed by atoms with Gasteiger partial charge in [-0.05, 0) is 13.0 Å². The highest BCUT2D eigenvalue weighted by Gasteiger charge is 2.12. The number of benzene rings is 1. The van der Waals surface area contributed by atoms with Crippen LogP contribution >= 0.6 is 11.8 Å². The van der Waals surface area contributed by atoms with Crippen molar-refractivity contribution in [1.82, 2.24) is 14.8 Å². The van der Waals surface area contributed by atoms with Gasteiger partial charge in [-0.15, -0.1) is 10.2 Å². The minimum atomic E-state index is -0.835. The molecule has 1 aromatic carbocycles. The molecule has 0 spiro atoms. The molecule has 0 amide bonds. The van der Waals surface area contributed by atoms with Crippen LogP contribution in [0.4, 0.5) is 8.78 Å². The Morgan fingerprint density at radius 2 is 2.11 bits per heavy atom. The Kier molecular flexibility index (Phi) is 4.49. The fraction of sp³-hybridized carbons (Fsp3) is 0.333. The molecule has 0 aliphatic rings. The molecule has 0 aliphatic carbocycles. The number of aryl methyl sites for hydroxylation is 1. The van der Waals surface area contributed by atoms with Gasteiger partial charge in [-0.3, -0.25) is 0 Å². The fourth-order valence-corrected chi connectivity index (χ4v) is 2.64. The number of hydrogen-bond acceptors (Lipinski definition) is 4. The molecule has 0 aliphatic heterocycles. The maximum Gasteiger partial charge on any atom is 0.191 e. The number of rotatable bonds is 5. The molecule has 0 saturated heterocycles. The quantitative estimate of drug-likeness (QED) is 0.854. The average Bonchev–Trinajstić information content (AvgIpc) is 2.74. The van der Waals surface area contributed by atoms with Crippen molar-refractivity contribution < 1.29 is 8.78 Å². The Bertz CT molecular complexity index is 571. The highest BCUT2D eigenvalue weighted by molar-refractivity contribution is 7.98. The zero-order valence-electron chi connectivity index (χ0n) is 10.4. The first-order valence-corrected chi connectivity index (χ1v) is 6.77. The summed E-state index contributed by atoms with van der Waals surface area (Å²) >= 11 is 1.31. The molecule has 2 rings (SSSR count). The summed E-state index contributed by atoms with van der Waals surface area (Å²) < 4.78 is 28.4. The van der Waals surface area contributed by atoms with E-state index in [4.69, 9.17) is 5.73 Å². The molecular formula is C12H14F2N4S. The van der Waals surface area contributed by atoms with E-state index in [0.29, 0.717) is 29.6 Å². The molecule has 1 aromatic heterocycles. The summed E-state index contributed by atoms with van der Waals surface area (Å²) in [5.41, 5.74) is 5.82. The first-order valence-electron chi connectivity index (χ1n) is 5.79. The normalized spacial score (nSPS) is 10.9. The number of thioether (sulfide) groups is 1. The minimum absolute atomic E-state index is 0.298. The standard InChI is InChI=1S/C12H14F2N4S/c1-8-16-17-12(18(8)6-5-15)19-7-9-3-2-4-10(13)11(9)14/h2-4H,5-7,15H2,1H3. The first kappa shape index (κ1) is 14.0. The number of nitrogens with zero attached hydrogens (tertiary/aromatic N) is 3. The van der Waals surface area contributed by atoms with Gasteiger partial charge in [-0.2, -0.15) is 0 Å². The highest BCUT2D eigenvalue weighted by atomic mass is 32.2. The number of halogens is 2. The van der Waals surface area contributed by atoms with Crippen molar-refractivity contribution in [2.45, 2.75) is 24.4 Å². The van der Waals surface area contributed by atoms with Gasteiger partial charge in [0, 0.05) is 24.4 Å². The lowest BCUT2D eigenvalue weighted by molar-refractivity contribution is 0.502. The molecule has 1 heterocycles. The second kappa shape index (κ2) is 6.12. The number of hydrogen-bond donors (Lipinski definition) is 1. The van der Waals surface area contributed by atoms with E-state index in [-0.39, 0.29) is 0 Å². The first-order chi connectivity index (χ1) is 9.13. The zero-order valence-corrected chi connectivity index (χ0v) is 11.3. The highest BCUT2D eigenvalue weighted by Crippen LogP contribution is 2.24. The second-order valence-corrected chi connectivity index (χ2v) is 4.91. The lowest BCUT2D eigenvalue weighted by atomic mass is 10.2. The van der Waals surface area contributed by atoms with Gasteiger partial charge in [0.1, 0.15) is 5.82 Å². The summed E-state index contributed by atoms with van der Waals surface area (Å²) in [5, 5.41) is 8.62. The summed E-state index contributed by atoms with van der Waals surface area (Å²) in [6.45, 7) is 2.91. The van der Waals surface area contributed by atoms with Crippen LogP contribution in [0, 0.1) is 18.6 Å². The third-order valence-electron chi connectivity index (χ3n) is 2.64. The topological polar surface area (TPSA) is 56.7 Å². The predicted molar refractivity (Wildman–Crippen MR) is 69.7 cm³/mol. The van der Waals surface area contributed by atoms with E-state index in [2.05, 4.69) is 10.2 Å². The van der Waals surface area contributed by atoms with E-state index in [1.54, 1.807) is 6.07 Å². The molecular weight excluding hydrogens is 270 g/mol. The van der Waals surface area contributed by atoms with E-state index in [0.717, 1.165) is 11.9 Å². The third kappa shape index (κ3) is 3.10. The van der Waals surface area contributed by atoms with Crippen molar-refractivity contribution in [3.05, 3.63) is 41.2 Å². The zero-order chi connectivity index (χ0) is 13.8. The molecule has 0 radical (unpaired) electrons. The monoisotopic (exact) mass is 284 g/mol. The van der Waals surface area contributed by atoms with E-state index in [9.17, 15) is 8.78 Å². The van der Waals surface area contributed by atoms with Gasteiger partial charge in [-0.1, -0.05) is 23.9 Å². The van der Waals surface area contributed by atoms with Gasteiger partial charge >= 0.3 is 0 Å². The van der Waals surface area contributed by atoms with Crippen molar-refractivity contribution >= 4 is 11.8 Å². The van der Waals surface area contributed by atoms with Crippen LogP contribution in [0.5, 0.6) is 0 Å². The van der Waals surface area contributed by atoms with E-state index in [1.807, 2.05) is 11.5 Å². The maximum atomic E-state index is 13.5. The van der Waals surface area contributed by atoms with Crippen LogP contribution in [-0.4, -0.2) is 21.3 Å². The van der Waals surface area contributed by atoms with Gasteiger partial charge in [-0.25, -0.2) is 8.78 Å². The molecule has 0 saturated carbocycles. The Morgan fingerprint density at radius 1 is 1.32 bits per heavy atom. The molecule has 0 bridgehead atoms. The van der Waals surface area contributed by atoms with Crippen molar-refractivity contribution in [1.29, 1.82) is 0 Å². The van der Waals surface area contributed by atoms with Crippen LogP contribution < -0.4 is 5.73 Å². The summed E-state index contributed by atoms with van der Waals surface area (Å²) in [6, 6.07) is 4.15. The fourth-order valence-electron chi connectivity index (χ4n) is 1.66. The van der Waals surface area contributed by atoms with Crippen molar-refractivity contribution in [2.75, 3.05) is 6.54 Å². The van der Waals surface area contributed by atoms with Gasteiger partial charge < -0.3 is 10.3 Å². The molecule has 2 N–H and O–H groups in total. The molecule has 102 valence electrons. The van der Waals surface area contributed by atoms with Crippen LogP contribution in [0.3, 0.4) is 0 Å². The maximum absolute atomic E-state index is 13.5. The second-order valence-electron chi connectivity index (χ2n) is 3.97. The van der Waals surface area contributed by atoms with Gasteiger partial charge in [0.25, 0.3) is 0 Å². The largest absolute Gasteiger partial charge is 0.329 e. The summed E-state index contributed by atoms with van der Waals surface area (Å²) in [4.78, 5) is 0. The Hall–Kier alpha value is -1.47. The van der Waals surface area contributed by atoms with E-state index >= 15 is 0 Å². The lowest BCUT2D eigenvalue weighted by Gasteiger charge is -2.07. The van der Waals surface area contributed by atoms with Gasteiger partial charge in [0.2, 0.25) is 0 Å². The Morgan fingerprint density at radius 3 is 2.84 bits per heavy atom. The number of nitrogens with two attached hydrogens (primary N) is 1. The summed E-state index contributed by atoms with van der Waals surface area (Å²) in [7, 11) is 0. The number of aromatic nitrogens is 3. The summed E-state index contributed by atoms with van der Waals surface area (Å²) in [6.07, 6.45) is 0. The molecule has 0 fully saturated rings. The molecule has 2 aromatic rings. The van der Waals surface area contributed by atoms with E-state index < -0.39 is 11.6 Å². The third-order valence-corrected chi connectivity index (χ3v) is 3.66. The van der Waals surface area contributed by atoms with Crippen LogP contribution in [0.1, 0.15) is 11.4 Å². The van der Waals surface area contributed by atoms with E-state index in [1.165, 1.54) is 17.8 Å². The SMILES string of the molecule is Cc1nnc(SCc2cccc(F)c2F)n1CCN. The lowest BCUT2D eigenvalue weighted by Crippen LogP contribution is -2.12. The molecule has 7 heteroatoms. The van der Waals surface area contributed by atoms with Crippen molar-refractivity contribution in [3.8, 4) is 0 Å². The molecule has 0 atom stereocenters. The minimum Gasteiger partial charge on any atom is -0.329 e. The van der Waals surface area contributed by atoms with Crippen molar-refractivity contribution in [2.24, 2.45) is 5.73 Å².